The molecule has 0 saturated carbocycles. The minimum absolute atomic E-state index is 0.180. The zero-order chi connectivity index (χ0) is 14.8. The van der Waals surface area contributed by atoms with Gasteiger partial charge in [-0.15, -0.1) is 11.3 Å². The molecule has 108 valence electrons. The van der Waals surface area contributed by atoms with E-state index in [9.17, 15) is 0 Å². The van der Waals surface area contributed by atoms with Gasteiger partial charge >= 0.3 is 0 Å². The van der Waals surface area contributed by atoms with Crippen molar-refractivity contribution in [1.82, 2.24) is 4.98 Å². The second-order valence-electron chi connectivity index (χ2n) is 6.39. The molecule has 0 aliphatic carbocycles. The summed E-state index contributed by atoms with van der Waals surface area (Å²) in [7, 11) is 0. The lowest BCUT2D eigenvalue weighted by Crippen LogP contribution is -2.10. The number of nitrogens with zero attached hydrogens (tertiary/aromatic N) is 1. The Morgan fingerprint density at radius 3 is 2.30 bits per heavy atom. The van der Waals surface area contributed by atoms with Crippen molar-refractivity contribution in [2.45, 2.75) is 52.6 Å². The normalized spacial score (nSPS) is 11.9. The van der Waals surface area contributed by atoms with Gasteiger partial charge in [0.05, 0.1) is 10.7 Å². The molecule has 1 aromatic heterocycles. The van der Waals surface area contributed by atoms with Gasteiger partial charge < -0.3 is 4.74 Å². The highest BCUT2D eigenvalue weighted by atomic mass is 32.1. The molecule has 20 heavy (non-hydrogen) atoms. The van der Waals surface area contributed by atoms with Crippen molar-refractivity contribution < 1.29 is 4.74 Å². The Morgan fingerprint density at radius 2 is 1.80 bits per heavy atom. The van der Waals surface area contributed by atoms with Gasteiger partial charge in [-0.05, 0) is 23.1 Å². The molecule has 0 amide bonds. The first kappa shape index (κ1) is 15.0. The molecular weight excluding hydrogens is 266 g/mol. The Labute approximate surface area is 125 Å². The molecule has 2 rings (SSSR count). The summed E-state index contributed by atoms with van der Waals surface area (Å²) in [5, 5.41) is 3.26. The van der Waals surface area contributed by atoms with E-state index in [1.165, 1.54) is 10.6 Å². The molecule has 0 radical (unpaired) electrons. The van der Waals surface area contributed by atoms with Crippen molar-refractivity contribution in [3.63, 3.8) is 0 Å². The third-order valence-corrected chi connectivity index (χ3v) is 4.36. The number of ether oxygens (including phenoxy) is 1. The standard InChI is InChI=1S/C17H23NOS/c1-12(2)16-18-14(11-20-16)10-19-15-8-6-13(7-9-15)17(3,4)5/h6-9,11-12H,10H2,1-5H3. The van der Waals surface area contributed by atoms with Crippen LogP contribution < -0.4 is 4.74 Å². The minimum atomic E-state index is 0.180. The van der Waals surface area contributed by atoms with Crippen molar-refractivity contribution in [3.8, 4) is 5.75 Å². The SMILES string of the molecule is CC(C)c1nc(COc2ccc(C(C)(C)C)cc2)cs1. The monoisotopic (exact) mass is 289 g/mol. The number of benzene rings is 1. The van der Waals surface area contributed by atoms with E-state index in [4.69, 9.17) is 4.74 Å². The molecule has 0 bridgehead atoms. The van der Waals surface area contributed by atoms with Crippen molar-refractivity contribution in [1.29, 1.82) is 0 Å². The van der Waals surface area contributed by atoms with Gasteiger partial charge in [-0.2, -0.15) is 0 Å². The maximum atomic E-state index is 5.80. The lowest BCUT2D eigenvalue weighted by atomic mass is 9.87. The summed E-state index contributed by atoms with van der Waals surface area (Å²) in [5.41, 5.74) is 2.51. The van der Waals surface area contributed by atoms with E-state index in [1.807, 2.05) is 12.1 Å². The minimum Gasteiger partial charge on any atom is -0.487 e. The Bertz CT molecular complexity index is 549. The van der Waals surface area contributed by atoms with Gasteiger partial charge in [0.2, 0.25) is 0 Å². The molecule has 0 N–H and O–H groups in total. The van der Waals surface area contributed by atoms with Crippen molar-refractivity contribution in [2.24, 2.45) is 0 Å². The van der Waals surface area contributed by atoms with E-state index in [1.54, 1.807) is 11.3 Å². The van der Waals surface area contributed by atoms with Crippen LogP contribution in [0.5, 0.6) is 5.75 Å². The molecule has 1 heterocycles. The first-order valence-electron chi connectivity index (χ1n) is 7.04. The van der Waals surface area contributed by atoms with Crippen LogP contribution in [0.4, 0.5) is 0 Å². The molecule has 3 heteroatoms. The Kier molecular flexibility index (Phi) is 4.48. The van der Waals surface area contributed by atoms with Gasteiger partial charge in [0, 0.05) is 11.3 Å². The summed E-state index contributed by atoms with van der Waals surface area (Å²) in [6, 6.07) is 8.35. The van der Waals surface area contributed by atoms with Gasteiger partial charge in [-0.25, -0.2) is 4.98 Å². The summed E-state index contributed by atoms with van der Waals surface area (Å²) in [6.45, 7) is 11.5. The molecule has 0 unspecified atom stereocenters. The number of hydrogen-bond donors (Lipinski definition) is 0. The molecule has 0 saturated heterocycles. The van der Waals surface area contributed by atoms with Crippen LogP contribution in [-0.2, 0) is 12.0 Å². The Morgan fingerprint density at radius 1 is 1.15 bits per heavy atom. The van der Waals surface area contributed by atoms with Gasteiger partial charge in [0.1, 0.15) is 12.4 Å². The predicted octanol–water partition coefficient (Wildman–Crippen LogP) is 5.14. The van der Waals surface area contributed by atoms with Crippen LogP contribution in [0.15, 0.2) is 29.6 Å². The van der Waals surface area contributed by atoms with E-state index >= 15 is 0 Å². The van der Waals surface area contributed by atoms with Gasteiger partial charge in [0.15, 0.2) is 0 Å². The van der Waals surface area contributed by atoms with Gasteiger partial charge in [-0.3, -0.25) is 0 Å². The van der Waals surface area contributed by atoms with Crippen LogP contribution in [0.3, 0.4) is 0 Å². The molecule has 0 atom stereocenters. The fourth-order valence-corrected chi connectivity index (χ4v) is 2.68. The molecule has 1 aromatic carbocycles. The van der Waals surface area contributed by atoms with E-state index in [0.29, 0.717) is 12.5 Å². The van der Waals surface area contributed by atoms with E-state index < -0.39 is 0 Å². The summed E-state index contributed by atoms with van der Waals surface area (Å²) in [6.07, 6.45) is 0. The fraction of sp³-hybridized carbons (Fsp3) is 0.471. The molecular formula is C17H23NOS. The van der Waals surface area contributed by atoms with Gasteiger partial charge in [0.25, 0.3) is 0 Å². The lowest BCUT2D eigenvalue weighted by Gasteiger charge is -2.19. The molecule has 0 aliphatic heterocycles. The zero-order valence-electron chi connectivity index (χ0n) is 12.9. The molecule has 0 aliphatic rings. The fourth-order valence-electron chi connectivity index (χ4n) is 1.86. The number of rotatable bonds is 4. The topological polar surface area (TPSA) is 22.1 Å². The van der Waals surface area contributed by atoms with Crippen LogP contribution in [0, 0.1) is 0 Å². The van der Waals surface area contributed by atoms with Crippen LogP contribution in [-0.4, -0.2) is 4.98 Å². The second kappa shape index (κ2) is 5.96. The third-order valence-electron chi connectivity index (χ3n) is 3.17. The van der Waals surface area contributed by atoms with Crippen LogP contribution in [0.25, 0.3) is 0 Å². The average Bonchev–Trinajstić information content (AvgIpc) is 2.85. The molecule has 2 nitrogen and oxygen atoms in total. The number of hydrogen-bond acceptors (Lipinski definition) is 3. The smallest absolute Gasteiger partial charge is 0.131 e. The predicted molar refractivity (Wildman–Crippen MR) is 85.7 cm³/mol. The van der Waals surface area contributed by atoms with E-state index in [2.05, 4.69) is 57.1 Å². The largest absolute Gasteiger partial charge is 0.487 e. The molecule has 0 spiro atoms. The van der Waals surface area contributed by atoms with Crippen molar-refractivity contribution in [3.05, 3.63) is 45.9 Å². The van der Waals surface area contributed by atoms with E-state index in [0.717, 1.165) is 11.4 Å². The Balaban J connectivity index is 1.97. The van der Waals surface area contributed by atoms with Crippen molar-refractivity contribution >= 4 is 11.3 Å². The zero-order valence-corrected chi connectivity index (χ0v) is 13.8. The summed E-state index contributed by atoms with van der Waals surface area (Å²) >= 11 is 1.71. The highest BCUT2D eigenvalue weighted by Crippen LogP contribution is 2.25. The summed E-state index contributed by atoms with van der Waals surface area (Å²) in [4.78, 5) is 4.58. The van der Waals surface area contributed by atoms with E-state index in [-0.39, 0.29) is 5.41 Å². The molecule has 0 fully saturated rings. The number of thiazole rings is 1. The maximum absolute atomic E-state index is 5.80. The Hall–Kier alpha value is -1.35. The lowest BCUT2D eigenvalue weighted by molar-refractivity contribution is 0.301. The molecule has 2 aromatic rings. The van der Waals surface area contributed by atoms with Crippen molar-refractivity contribution in [2.75, 3.05) is 0 Å². The summed E-state index contributed by atoms with van der Waals surface area (Å²) in [5.74, 6) is 1.39. The second-order valence-corrected chi connectivity index (χ2v) is 7.28. The highest BCUT2D eigenvalue weighted by Gasteiger charge is 2.13. The third kappa shape index (κ3) is 3.83. The first-order chi connectivity index (χ1) is 9.36. The first-order valence-corrected chi connectivity index (χ1v) is 7.92. The summed E-state index contributed by atoms with van der Waals surface area (Å²) < 4.78 is 5.80. The quantitative estimate of drug-likeness (QED) is 0.777. The average molecular weight is 289 g/mol. The highest BCUT2D eigenvalue weighted by molar-refractivity contribution is 7.09. The van der Waals surface area contributed by atoms with Crippen LogP contribution in [0.2, 0.25) is 0 Å². The maximum Gasteiger partial charge on any atom is 0.131 e. The number of aromatic nitrogens is 1. The van der Waals surface area contributed by atoms with Crippen LogP contribution in [0.1, 0.15) is 56.8 Å². The van der Waals surface area contributed by atoms with Gasteiger partial charge in [-0.1, -0.05) is 46.8 Å². The van der Waals surface area contributed by atoms with Crippen LogP contribution >= 0.6 is 11.3 Å².